The van der Waals surface area contributed by atoms with Crippen molar-refractivity contribution in [2.24, 2.45) is 0 Å². The number of nitrogens with one attached hydrogen (secondary N) is 2. The maximum atomic E-state index is 11.4. The minimum absolute atomic E-state index is 0.0373. The van der Waals surface area contributed by atoms with Gasteiger partial charge in [-0.3, -0.25) is 9.78 Å². The lowest BCUT2D eigenvalue weighted by Crippen LogP contribution is -2.41. The second kappa shape index (κ2) is 6.11. The molecule has 1 amide bonds. The standard InChI is InChI=1S/C14H19N3O2S/c18-12-4-2-1-3-10(12)16-6-9-5-11-13(7-15-9)20-8-14(19)17-11/h5,7,10,12,16,18H,1-4,6,8H2,(H,17,19)/t10-,12-/m1/s1. The van der Waals surface area contributed by atoms with E-state index >= 15 is 0 Å². The normalized spacial score (nSPS) is 25.9. The van der Waals surface area contributed by atoms with Gasteiger partial charge in [0.2, 0.25) is 5.91 Å². The molecule has 3 rings (SSSR count). The average Bonchev–Trinajstić information content (AvgIpc) is 2.46. The highest BCUT2D eigenvalue weighted by atomic mass is 32.2. The molecule has 1 aliphatic heterocycles. The summed E-state index contributed by atoms with van der Waals surface area (Å²) in [5.74, 6) is 0.496. The van der Waals surface area contributed by atoms with Crippen molar-refractivity contribution in [2.75, 3.05) is 11.1 Å². The third-order valence-electron chi connectivity index (χ3n) is 3.83. The van der Waals surface area contributed by atoms with Crippen LogP contribution in [0.5, 0.6) is 0 Å². The lowest BCUT2D eigenvalue weighted by Gasteiger charge is -2.28. The van der Waals surface area contributed by atoms with E-state index in [1.807, 2.05) is 12.3 Å². The Bertz CT molecular complexity index is 509. The number of nitrogens with zero attached hydrogens (tertiary/aromatic N) is 1. The predicted octanol–water partition coefficient (Wildman–Crippen LogP) is 1.52. The summed E-state index contributed by atoms with van der Waals surface area (Å²) >= 11 is 1.52. The minimum atomic E-state index is -0.253. The molecule has 1 aliphatic carbocycles. The van der Waals surface area contributed by atoms with E-state index in [0.29, 0.717) is 12.3 Å². The Balaban J connectivity index is 1.63. The fourth-order valence-electron chi connectivity index (χ4n) is 2.71. The molecule has 1 aromatic rings. The number of rotatable bonds is 3. The monoisotopic (exact) mass is 293 g/mol. The molecule has 0 spiro atoms. The van der Waals surface area contributed by atoms with E-state index in [9.17, 15) is 9.90 Å². The number of anilines is 1. The van der Waals surface area contributed by atoms with Crippen molar-refractivity contribution in [2.45, 2.75) is 49.3 Å². The number of hydrogen-bond acceptors (Lipinski definition) is 5. The summed E-state index contributed by atoms with van der Waals surface area (Å²) in [6.07, 6.45) is 5.73. The molecule has 0 unspecified atom stereocenters. The van der Waals surface area contributed by atoms with Crippen LogP contribution in [0, 0.1) is 0 Å². The summed E-state index contributed by atoms with van der Waals surface area (Å²) in [7, 11) is 0. The Morgan fingerprint density at radius 2 is 2.30 bits per heavy atom. The number of carbonyl (C=O) groups is 1. The maximum absolute atomic E-state index is 11.4. The molecule has 2 heterocycles. The van der Waals surface area contributed by atoms with Gasteiger partial charge >= 0.3 is 0 Å². The smallest absolute Gasteiger partial charge is 0.234 e. The Hall–Kier alpha value is -1.11. The highest BCUT2D eigenvalue weighted by Crippen LogP contribution is 2.30. The SMILES string of the molecule is O=C1CSc2cnc(CN[C@@H]3CCCC[C@H]3O)cc2N1. The highest BCUT2D eigenvalue weighted by Gasteiger charge is 2.22. The van der Waals surface area contributed by atoms with E-state index in [2.05, 4.69) is 15.6 Å². The maximum Gasteiger partial charge on any atom is 0.234 e. The number of aliphatic hydroxyl groups is 1. The van der Waals surface area contributed by atoms with Crippen LogP contribution in [0.1, 0.15) is 31.4 Å². The van der Waals surface area contributed by atoms with E-state index in [0.717, 1.165) is 35.5 Å². The third-order valence-corrected chi connectivity index (χ3v) is 4.87. The summed E-state index contributed by atoms with van der Waals surface area (Å²) in [4.78, 5) is 16.8. The Kier molecular flexibility index (Phi) is 4.24. The topological polar surface area (TPSA) is 74.2 Å². The lowest BCUT2D eigenvalue weighted by atomic mass is 9.92. The van der Waals surface area contributed by atoms with Crippen LogP contribution >= 0.6 is 11.8 Å². The third kappa shape index (κ3) is 3.13. The van der Waals surface area contributed by atoms with Gasteiger partial charge in [-0.1, -0.05) is 12.8 Å². The second-order valence-electron chi connectivity index (χ2n) is 5.35. The summed E-state index contributed by atoms with van der Waals surface area (Å²) < 4.78 is 0. The van der Waals surface area contributed by atoms with Crippen LogP contribution in [-0.4, -0.2) is 33.9 Å². The largest absolute Gasteiger partial charge is 0.392 e. The van der Waals surface area contributed by atoms with Crippen molar-refractivity contribution in [1.29, 1.82) is 0 Å². The van der Waals surface area contributed by atoms with Gasteiger partial charge in [0, 0.05) is 23.7 Å². The van der Waals surface area contributed by atoms with Gasteiger partial charge < -0.3 is 15.7 Å². The zero-order valence-electron chi connectivity index (χ0n) is 11.3. The van der Waals surface area contributed by atoms with Crippen LogP contribution in [0.15, 0.2) is 17.2 Å². The van der Waals surface area contributed by atoms with E-state index < -0.39 is 0 Å². The van der Waals surface area contributed by atoms with Crippen molar-refractivity contribution in [3.05, 3.63) is 18.0 Å². The molecule has 0 bridgehead atoms. The van der Waals surface area contributed by atoms with Crippen LogP contribution in [0.3, 0.4) is 0 Å². The first kappa shape index (κ1) is 13.9. The molecule has 20 heavy (non-hydrogen) atoms. The Morgan fingerprint density at radius 3 is 3.15 bits per heavy atom. The van der Waals surface area contributed by atoms with Crippen LogP contribution in [0.2, 0.25) is 0 Å². The van der Waals surface area contributed by atoms with Gasteiger partial charge in [-0.25, -0.2) is 0 Å². The molecule has 2 aliphatic rings. The first-order valence-electron chi connectivity index (χ1n) is 7.05. The number of thioether (sulfide) groups is 1. The van der Waals surface area contributed by atoms with Gasteiger partial charge in [0.25, 0.3) is 0 Å². The lowest BCUT2D eigenvalue weighted by molar-refractivity contribution is -0.113. The molecule has 3 N–H and O–H groups in total. The Labute approximate surface area is 122 Å². The Morgan fingerprint density at radius 1 is 1.45 bits per heavy atom. The molecule has 1 fully saturated rings. The molecule has 1 saturated carbocycles. The number of aromatic nitrogens is 1. The van der Waals surface area contributed by atoms with Crippen LogP contribution in [-0.2, 0) is 11.3 Å². The van der Waals surface area contributed by atoms with Gasteiger partial charge in [0.05, 0.1) is 23.2 Å². The van der Waals surface area contributed by atoms with Gasteiger partial charge in [-0.05, 0) is 18.9 Å². The zero-order chi connectivity index (χ0) is 13.9. The van der Waals surface area contributed by atoms with Crippen molar-refractivity contribution in [3.63, 3.8) is 0 Å². The number of amides is 1. The van der Waals surface area contributed by atoms with E-state index in [-0.39, 0.29) is 18.1 Å². The molecule has 6 heteroatoms. The average molecular weight is 293 g/mol. The molecule has 108 valence electrons. The highest BCUT2D eigenvalue weighted by molar-refractivity contribution is 8.00. The first-order valence-corrected chi connectivity index (χ1v) is 8.04. The molecular weight excluding hydrogens is 274 g/mol. The predicted molar refractivity (Wildman–Crippen MR) is 78.7 cm³/mol. The first-order chi connectivity index (χ1) is 9.72. The van der Waals surface area contributed by atoms with Gasteiger partial charge in [-0.15, -0.1) is 11.8 Å². The van der Waals surface area contributed by atoms with E-state index in [1.165, 1.54) is 18.2 Å². The fraction of sp³-hybridized carbons (Fsp3) is 0.571. The number of carbonyl (C=O) groups excluding carboxylic acids is 1. The number of aliphatic hydroxyl groups excluding tert-OH is 1. The van der Waals surface area contributed by atoms with Crippen molar-refractivity contribution < 1.29 is 9.90 Å². The molecule has 0 saturated heterocycles. The van der Waals surface area contributed by atoms with Gasteiger partial charge in [0.15, 0.2) is 0 Å². The van der Waals surface area contributed by atoms with Gasteiger partial charge in [-0.2, -0.15) is 0 Å². The van der Waals surface area contributed by atoms with Crippen molar-refractivity contribution >= 4 is 23.4 Å². The quantitative estimate of drug-likeness (QED) is 0.788. The molecule has 0 radical (unpaired) electrons. The van der Waals surface area contributed by atoms with Crippen LogP contribution in [0.4, 0.5) is 5.69 Å². The number of fused-ring (bicyclic) bond motifs is 1. The summed E-state index contributed by atoms with van der Waals surface area (Å²) in [6.45, 7) is 0.621. The molecule has 1 aromatic heterocycles. The molecule has 0 aromatic carbocycles. The molecule has 2 atom stereocenters. The second-order valence-corrected chi connectivity index (χ2v) is 6.37. The van der Waals surface area contributed by atoms with Crippen molar-refractivity contribution in [1.82, 2.24) is 10.3 Å². The summed E-state index contributed by atoms with van der Waals surface area (Å²) in [5.41, 5.74) is 1.74. The molecule has 5 nitrogen and oxygen atoms in total. The van der Waals surface area contributed by atoms with E-state index in [1.54, 1.807) is 0 Å². The van der Waals surface area contributed by atoms with Gasteiger partial charge in [0.1, 0.15) is 0 Å². The zero-order valence-corrected chi connectivity index (χ0v) is 12.1. The minimum Gasteiger partial charge on any atom is -0.392 e. The van der Waals surface area contributed by atoms with Crippen LogP contribution in [0.25, 0.3) is 0 Å². The fourth-order valence-corrected chi connectivity index (χ4v) is 3.46. The summed E-state index contributed by atoms with van der Waals surface area (Å²) in [6, 6.07) is 2.08. The molecular formula is C14H19N3O2S. The number of pyridine rings is 1. The number of hydrogen-bond donors (Lipinski definition) is 3. The van der Waals surface area contributed by atoms with Crippen molar-refractivity contribution in [3.8, 4) is 0 Å². The summed E-state index contributed by atoms with van der Waals surface area (Å²) in [5, 5.41) is 16.2. The van der Waals surface area contributed by atoms with Crippen LogP contribution < -0.4 is 10.6 Å². The van der Waals surface area contributed by atoms with E-state index in [4.69, 9.17) is 0 Å².